The summed E-state index contributed by atoms with van der Waals surface area (Å²) in [5, 5.41) is 11.9. The summed E-state index contributed by atoms with van der Waals surface area (Å²) in [6.45, 7) is 5.87. The number of aliphatic hydroxyl groups excluding tert-OH is 1. The molecule has 0 bridgehead atoms. The molecule has 6 nitrogen and oxygen atoms in total. The zero-order chi connectivity index (χ0) is 25.2. The number of fused-ring (bicyclic) bond motifs is 4. The number of benzene rings is 1. The van der Waals surface area contributed by atoms with Crippen LogP contribution in [-0.2, 0) is 19.1 Å². The number of ketones is 1. The Hall–Kier alpha value is -2.99. The molecule has 2 fully saturated rings. The highest BCUT2D eigenvalue weighted by atomic mass is 16.6. The molecule has 2 unspecified atom stereocenters. The molecule has 0 radical (unpaired) electrons. The van der Waals surface area contributed by atoms with Crippen LogP contribution in [0.2, 0.25) is 0 Å². The number of pyridine rings is 1. The minimum atomic E-state index is -0.702. The molecule has 2 heterocycles. The summed E-state index contributed by atoms with van der Waals surface area (Å²) in [6, 6.07) is 8.36. The van der Waals surface area contributed by atoms with E-state index in [0.29, 0.717) is 24.8 Å². The van der Waals surface area contributed by atoms with Crippen LogP contribution in [0.15, 0.2) is 59.6 Å². The van der Waals surface area contributed by atoms with Gasteiger partial charge < -0.3 is 14.6 Å². The molecule has 0 spiro atoms. The van der Waals surface area contributed by atoms with Crippen LogP contribution in [0.5, 0.6) is 0 Å². The highest BCUT2D eigenvalue weighted by Crippen LogP contribution is 2.66. The Labute approximate surface area is 211 Å². The van der Waals surface area contributed by atoms with Gasteiger partial charge in [0.25, 0.3) is 0 Å². The number of hydrogen-bond donors (Lipinski definition) is 1. The number of aromatic nitrogens is 1. The first-order chi connectivity index (χ1) is 17.2. The lowest BCUT2D eigenvalue weighted by Crippen LogP contribution is -2.44. The summed E-state index contributed by atoms with van der Waals surface area (Å²) in [4.78, 5) is 29.5. The summed E-state index contributed by atoms with van der Waals surface area (Å²) >= 11 is 0. The molecule has 1 N–H and O–H groups in total. The number of carbonyl (C=O) groups excluding carboxylic acids is 2. The Balaban J connectivity index is 1.45. The van der Waals surface area contributed by atoms with Gasteiger partial charge >= 0.3 is 5.97 Å². The van der Waals surface area contributed by atoms with Crippen molar-refractivity contribution in [3.63, 3.8) is 0 Å². The maximum Gasteiger partial charge on any atom is 0.303 e. The number of ether oxygens (including phenoxy) is 2. The third kappa shape index (κ3) is 3.45. The fourth-order valence-electron chi connectivity index (χ4n) is 7.83. The standard InChI is InChI=1S/C30H33NO5/c1-17(33)36-30(3)14-24-27-19(13-23-25(34)11-18(16-32)12-26(23)35-27)7-9-29(24,2)28(30)22-6-4-5-20-15-31-10-8-21(20)22/h4-6,8,10,13,15,18,24,27-28,32H,7,9,11-12,14,16H2,1-3H3/t18?,24-,27+,28+,29-,30?/m0/s1. The van der Waals surface area contributed by atoms with Crippen molar-refractivity contribution in [3.05, 3.63) is 65.2 Å². The number of rotatable bonds is 3. The van der Waals surface area contributed by atoms with Crippen LogP contribution in [-0.4, -0.2) is 40.2 Å². The van der Waals surface area contributed by atoms with Crippen LogP contribution in [0.25, 0.3) is 10.8 Å². The number of carbonyl (C=O) groups is 2. The summed E-state index contributed by atoms with van der Waals surface area (Å²) in [5.74, 6) is 0.505. The van der Waals surface area contributed by atoms with Crippen molar-refractivity contribution in [2.45, 2.75) is 70.5 Å². The molecule has 3 aliphatic carbocycles. The Morgan fingerprint density at radius 3 is 2.86 bits per heavy atom. The van der Waals surface area contributed by atoms with Crippen molar-refractivity contribution in [2.75, 3.05) is 6.61 Å². The SMILES string of the molecule is CC(=O)OC1(C)C[C@H]2[C@@H]3OC4=C(C=C3CC[C@]2(C)[C@H]1c1cccc2cnccc12)C(=O)CC(CO)C4. The molecular weight excluding hydrogens is 454 g/mol. The van der Waals surface area contributed by atoms with E-state index in [1.807, 2.05) is 12.4 Å². The molecule has 2 aromatic rings. The van der Waals surface area contributed by atoms with E-state index in [0.717, 1.165) is 29.4 Å². The van der Waals surface area contributed by atoms with Crippen LogP contribution >= 0.6 is 0 Å². The number of allylic oxidation sites excluding steroid dienone is 3. The largest absolute Gasteiger partial charge is 0.489 e. The predicted molar refractivity (Wildman–Crippen MR) is 135 cm³/mol. The van der Waals surface area contributed by atoms with E-state index in [1.54, 1.807) is 0 Å². The summed E-state index contributed by atoms with van der Waals surface area (Å²) in [6.07, 6.45) is 9.00. The lowest BCUT2D eigenvalue weighted by atomic mass is 9.60. The van der Waals surface area contributed by atoms with Gasteiger partial charge in [-0.05, 0) is 66.2 Å². The molecule has 1 aliphatic heterocycles. The first-order valence-electron chi connectivity index (χ1n) is 13.0. The number of hydrogen-bond acceptors (Lipinski definition) is 6. The first-order valence-corrected chi connectivity index (χ1v) is 13.0. The minimum absolute atomic E-state index is 0.0171. The molecule has 0 saturated heterocycles. The summed E-state index contributed by atoms with van der Waals surface area (Å²) < 4.78 is 12.9. The number of Topliss-reactive ketones (excluding diaryl/α,β-unsaturated/α-hetero) is 1. The van der Waals surface area contributed by atoms with Crippen LogP contribution < -0.4 is 0 Å². The molecule has 36 heavy (non-hydrogen) atoms. The normalized spacial score (nSPS) is 35.4. The van der Waals surface area contributed by atoms with Gasteiger partial charge in [-0.25, -0.2) is 0 Å². The summed E-state index contributed by atoms with van der Waals surface area (Å²) in [5.41, 5.74) is 2.15. The van der Waals surface area contributed by atoms with E-state index in [1.165, 1.54) is 18.1 Å². The average Bonchev–Trinajstić information content (AvgIpc) is 3.08. The maximum atomic E-state index is 12.8. The highest BCUT2D eigenvalue weighted by Gasteiger charge is 2.64. The Kier molecular flexibility index (Phi) is 5.38. The van der Waals surface area contributed by atoms with Gasteiger partial charge in [-0.15, -0.1) is 0 Å². The maximum absolute atomic E-state index is 12.8. The molecule has 1 aromatic heterocycles. The second-order valence-electron chi connectivity index (χ2n) is 11.6. The van der Waals surface area contributed by atoms with E-state index < -0.39 is 5.60 Å². The third-order valence-electron chi connectivity index (χ3n) is 9.23. The van der Waals surface area contributed by atoms with E-state index >= 15 is 0 Å². The molecule has 0 amide bonds. The van der Waals surface area contributed by atoms with Crippen LogP contribution in [0, 0.1) is 17.3 Å². The van der Waals surface area contributed by atoms with Crippen molar-refractivity contribution in [1.82, 2.24) is 4.98 Å². The quantitative estimate of drug-likeness (QED) is 0.613. The number of esters is 1. The summed E-state index contributed by atoms with van der Waals surface area (Å²) in [7, 11) is 0. The second-order valence-corrected chi connectivity index (χ2v) is 11.6. The fourth-order valence-corrected chi connectivity index (χ4v) is 7.83. The molecule has 2 saturated carbocycles. The molecule has 6 heteroatoms. The minimum Gasteiger partial charge on any atom is -0.489 e. The van der Waals surface area contributed by atoms with E-state index in [9.17, 15) is 14.7 Å². The van der Waals surface area contributed by atoms with Crippen LogP contribution in [0.1, 0.15) is 64.4 Å². The van der Waals surface area contributed by atoms with Gasteiger partial charge in [0.2, 0.25) is 0 Å². The first kappa shape index (κ1) is 23.4. The smallest absolute Gasteiger partial charge is 0.303 e. The number of nitrogens with zero attached hydrogens (tertiary/aromatic N) is 1. The van der Waals surface area contributed by atoms with Crippen molar-refractivity contribution >= 4 is 22.5 Å². The van der Waals surface area contributed by atoms with E-state index in [4.69, 9.17) is 9.47 Å². The van der Waals surface area contributed by atoms with E-state index in [2.05, 4.69) is 49.2 Å². The van der Waals surface area contributed by atoms with Gasteiger partial charge in [-0.1, -0.05) is 25.1 Å². The third-order valence-corrected chi connectivity index (χ3v) is 9.23. The van der Waals surface area contributed by atoms with Crippen molar-refractivity contribution in [1.29, 1.82) is 0 Å². The Bertz CT molecular complexity index is 1320. The Morgan fingerprint density at radius 1 is 1.25 bits per heavy atom. The van der Waals surface area contributed by atoms with Gasteiger partial charge in [0.15, 0.2) is 5.78 Å². The monoisotopic (exact) mass is 487 g/mol. The van der Waals surface area contributed by atoms with Crippen molar-refractivity contribution in [3.8, 4) is 0 Å². The van der Waals surface area contributed by atoms with Crippen LogP contribution in [0.4, 0.5) is 0 Å². The van der Waals surface area contributed by atoms with Gasteiger partial charge in [-0.3, -0.25) is 14.6 Å². The Morgan fingerprint density at radius 2 is 2.08 bits per heavy atom. The van der Waals surface area contributed by atoms with Crippen molar-refractivity contribution < 1.29 is 24.2 Å². The molecule has 1 aromatic carbocycles. The van der Waals surface area contributed by atoms with Gasteiger partial charge in [0.1, 0.15) is 17.5 Å². The topological polar surface area (TPSA) is 85.7 Å². The molecule has 188 valence electrons. The van der Waals surface area contributed by atoms with Gasteiger partial charge in [0.05, 0.1) is 5.57 Å². The van der Waals surface area contributed by atoms with Crippen LogP contribution in [0.3, 0.4) is 0 Å². The van der Waals surface area contributed by atoms with Crippen molar-refractivity contribution in [2.24, 2.45) is 17.3 Å². The van der Waals surface area contributed by atoms with Gasteiger partial charge in [-0.2, -0.15) is 0 Å². The molecule has 6 atom stereocenters. The predicted octanol–water partition coefficient (Wildman–Crippen LogP) is 5.01. The lowest BCUT2D eigenvalue weighted by molar-refractivity contribution is -0.157. The number of aliphatic hydroxyl groups is 1. The molecule has 4 aliphatic rings. The lowest BCUT2D eigenvalue weighted by Gasteiger charge is -2.48. The second kappa shape index (κ2) is 8.27. The van der Waals surface area contributed by atoms with Gasteiger partial charge in [0, 0.05) is 56.0 Å². The molecular formula is C30H33NO5. The van der Waals surface area contributed by atoms with E-state index in [-0.39, 0.29) is 47.6 Å². The zero-order valence-electron chi connectivity index (χ0n) is 21.1. The average molecular weight is 488 g/mol. The fraction of sp³-hybridized carbons (Fsp3) is 0.500. The zero-order valence-corrected chi connectivity index (χ0v) is 21.1. The molecule has 6 rings (SSSR count). The highest BCUT2D eigenvalue weighted by molar-refractivity contribution is 6.00.